The first kappa shape index (κ1) is 16.5. The van der Waals surface area contributed by atoms with Crippen molar-refractivity contribution in [2.24, 2.45) is 0 Å². The molecule has 0 aliphatic heterocycles. The van der Waals surface area contributed by atoms with Gasteiger partial charge in [0.1, 0.15) is 11.8 Å². The minimum Gasteiger partial charge on any atom is -0.508 e. The number of carbonyl (C=O) groups is 3. The number of aliphatic carboxylic acids is 1. The smallest absolute Gasteiger partial charge is 0.326 e. The predicted octanol–water partition coefficient (Wildman–Crippen LogP) is 0.837. The van der Waals surface area contributed by atoms with E-state index in [4.69, 9.17) is 5.11 Å². The van der Waals surface area contributed by atoms with Crippen LogP contribution in [-0.2, 0) is 14.3 Å². The van der Waals surface area contributed by atoms with Crippen LogP contribution in [0.4, 0.5) is 0 Å². The van der Waals surface area contributed by atoms with Crippen LogP contribution in [0.25, 0.3) is 0 Å². The van der Waals surface area contributed by atoms with E-state index < -0.39 is 23.9 Å². The van der Waals surface area contributed by atoms with E-state index in [1.165, 1.54) is 25.3 Å². The number of carboxylic acids is 1. The Bertz CT molecular complexity index is 554. The van der Waals surface area contributed by atoms with Crippen LogP contribution in [0.15, 0.2) is 18.2 Å². The van der Waals surface area contributed by atoms with E-state index in [0.717, 1.165) is 0 Å². The molecule has 7 heteroatoms. The summed E-state index contributed by atoms with van der Waals surface area (Å²) in [5.74, 6) is -2.32. The van der Waals surface area contributed by atoms with Crippen LogP contribution in [0.3, 0.4) is 0 Å². The van der Waals surface area contributed by atoms with E-state index >= 15 is 0 Å². The third kappa shape index (κ3) is 4.79. The number of rotatable bonds is 6. The van der Waals surface area contributed by atoms with Crippen LogP contribution in [0.1, 0.15) is 28.8 Å². The van der Waals surface area contributed by atoms with E-state index in [0.29, 0.717) is 5.56 Å². The Kier molecular flexibility index (Phi) is 5.71. The molecule has 0 unspecified atom stereocenters. The molecule has 1 rings (SSSR count). The Morgan fingerprint density at radius 3 is 2.52 bits per heavy atom. The molecule has 0 fully saturated rings. The first-order chi connectivity index (χ1) is 9.85. The predicted molar refractivity (Wildman–Crippen MR) is 73.0 cm³/mol. The SMILES string of the molecule is COC(=O)CC[C@H](NC(=O)c1ccc(O)c(C)c1)C(=O)O. The van der Waals surface area contributed by atoms with Gasteiger partial charge in [0.25, 0.3) is 5.91 Å². The number of methoxy groups -OCH3 is 1. The molecule has 0 saturated heterocycles. The molecule has 1 aromatic carbocycles. The molecule has 0 spiro atoms. The second-order valence-electron chi connectivity index (χ2n) is 4.48. The molecule has 0 aromatic heterocycles. The monoisotopic (exact) mass is 295 g/mol. The van der Waals surface area contributed by atoms with Crippen LogP contribution < -0.4 is 5.32 Å². The molecule has 114 valence electrons. The minimum absolute atomic E-state index is 0.0482. The van der Waals surface area contributed by atoms with Gasteiger partial charge in [-0.05, 0) is 37.1 Å². The number of aryl methyl sites for hydroxylation is 1. The molecule has 1 aromatic rings. The van der Waals surface area contributed by atoms with E-state index in [1.807, 2.05) is 0 Å². The molecule has 1 atom stereocenters. The summed E-state index contributed by atoms with van der Waals surface area (Å²) in [4.78, 5) is 34.1. The van der Waals surface area contributed by atoms with Crippen molar-refractivity contribution in [3.05, 3.63) is 29.3 Å². The molecule has 0 radical (unpaired) electrons. The molecule has 1 amide bonds. The highest BCUT2D eigenvalue weighted by molar-refractivity contribution is 5.97. The largest absolute Gasteiger partial charge is 0.508 e. The standard InChI is InChI=1S/C14H17NO6/c1-8-7-9(3-5-11(8)16)13(18)15-10(14(19)20)4-6-12(17)21-2/h3,5,7,10,16H,4,6H2,1-2H3,(H,15,18)(H,19,20)/t10-/m0/s1. The zero-order chi connectivity index (χ0) is 16.0. The van der Waals surface area contributed by atoms with Crippen molar-refractivity contribution in [3.8, 4) is 5.75 Å². The van der Waals surface area contributed by atoms with Crippen molar-refractivity contribution in [1.29, 1.82) is 0 Å². The Labute approximate surface area is 121 Å². The van der Waals surface area contributed by atoms with Gasteiger partial charge in [0.2, 0.25) is 0 Å². The van der Waals surface area contributed by atoms with Crippen molar-refractivity contribution in [2.75, 3.05) is 7.11 Å². The highest BCUT2D eigenvalue weighted by atomic mass is 16.5. The van der Waals surface area contributed by atoms with Crippen molar-refractivity contribution in [3.63, 3.8) is 0 Å². The molecule has 0 heterocycles. The van der Waals surface area contributed by atoms with E-state index in [9.17, 15) is 19.5 Å². The second kappa shape index (κ2) is 7.28. The maximum Gasteiger partial charge on any atom is 0.326 e. The normalized spacial score (nSPS) is 11.5. The van der Waals surface area contributed by atoms with E-state index in [-0.39, 0.29) is 24.2 Å². The van der Waals surface area contributed by atoms with Gasteiger partial charge in [0, 0.05) is 12.0 Å². The van der Waals surface area contributed by atoms with E-state index in [2.05, 4.69) is 10.1 Å². The Hall–Kier alpha value is -2.57. The van der Waals surface area contributed by atoms with Gasteiger partial charge in [0.15, 0.2) is 0 Å². The lowest BCUT2D eigenvalue weighted by molar-refractivity contribution is -0.142. The fraction of sp³-hybridized carbons (Fsp3) is 0.357. The summed E-state index contributed by atoms with van der Waals surface area (Å²) >= 11 is 0. The minimum atomic E-state index is -1.23. The maximum absolute atomic E-state index is 12.0. The Morgan fingerprint density at radius 1 is 1.33 bits per heavy atom. The topological polar surface area (TPSA) is 113 Å². The van der Waals surface area contributed by atoms with Gasteiger partial charge in [0.05, 0.1) is 7.11 Å². The van der Waals surface area contributed by atoms with Gasteiger partial charge in [-0.15, -0.1) is 0 Å². The average molecular weight is 295 g/mol. The number of amides is 1. The summed E-state index contributed by atoms with van der Waals surface area (Å²) in [5.41, 5.74) is 0.735. The molecule has 0 bridgehead atoms. The number of benzene rings is 1. The summed E-state index contributed by atoms with van der Waals surface area (Å²) in [6.07, 6.45) is -0.173. The number of hydrogen-bond donors (Lipinski definition) is 3. The van der Waals surface area contributed by atoms with Crippen molar-refractivity contribution in [1.82, 2.24) is 5.32 Å². The summed E-state index contributed by atoms with van der Waals surface area (Å²) < 4.78 is 4.43. The van der Waals surface area contributed by atoms with Crippen LogP contribution in [-0.4, -0.2) is 41.2 Å². The first-order valence-corrected chi connectivity index (χ1v) is 6.25. The summed E-state index contributed by atoms with van der Waals surface area (Å²) in [6, 6.07) is 3.00. The van der Waals surface area contributed by atoms with Crippen molar-refractivity contribution in [2.45, 2.75) is 25.8 Å². The van der Waals surface area contributed by atoms with Gasteiger partial charge in [-0.1, -0.05) is 0 Å². The number of aromatic hydroxyl groups is 1. The number of nitrogens with one attached hydrogen (secondary N) is 1. The molecule has 7 nitrogen and oxygen atoms in total. The quantitative estimate of drug-likeness (QED) is 0.670. The molecular formula is C14H17NO6. The number of carboxylic acid groups (broad SMARTS) is 1. The molecule has 3 N–H and O–H groups in total. The van der Waals surface area contributed by atoms with Gasteiger partial charge in [-0.3, -0.25) is 9.59 Å². The van der Waals surface area contributed by atoms with Gasteiger partial charge in [-0.2, -0.15) is 0 Å². The van der Waals surface area contributed by atoms with Crippen molar-refractivity contribution < 1.29 is 29.3 Å². The molecule has 21 heavy (non-hydrogen) atoms. The zero-order valence-electron chi connectivity index (χ0n) is 11.8. The third-order valence-corrected chi connectivity index (χ3v) is 2.93. The lowest BCUT2D eigenvalue weighted by atomic mass is 10.1. The molecule has 0 aliphatic carbocycles. The lowest BCUT2D eigenvalue weighted by Crippen LogP contribution is -2.41. The van der Waals surface area contributed by atoms with Gasteiger partial charge >= 0.3 is 11.9 Å². The highest BCUT2D eigenvalue weighted by Gasteiger charge is 2.22. The number of phenols is 1. The molecule has 0 saturated carbocycles. The average Bonchev–Trinajstić information content (AvgIpc) is 2.45. The van der Waals surface area contributed by atoms with Crippen LogP contribution in [0, 0.1) is 6.92 Å². The van der Waals surface area contributed by atoms with Crippen LogP contribution in [0.5, 0.6) is 5.75 Å². The number of ether oxygens (including phenoxy) is 1. The number of carbonyl (C=O) groups excluding carboxylic acids is 2. The fourth-order valence-electron chi connectivity index (χ4n) is 1.66. The van der Waals surface area contributed by atoms with Crippen molar-refractivity contribution >= 4 is 17.8 Å². The number of phenolic OH excluding ortho intramolecular Hbond substituents is 1. The lowest BCUT2D eigenvalue weighted by Gasteiger charge is -2.14. The summed E-state index contributed by atoms with van der Waals surface area (Å²) in [5, 5.41) is 20.8. The molecule has 0 aliphatic rings. The van der Waals surface area contributed by atoms with Crippen LogP contribution in [0.2, 0.25) is 0 Å². The summed E-state index contributed by atoms with van der Waals surface area (Å²) in [7, 11) is 1.20. The van der Waals surface area contributed by atoms with Crippen LogP contribution >= 0.6 is 0 Å². The highest BCUT2D eigenvalue weighted by Crippen LogP contribution is 2.17. The first-order valence-electron chi connectivity index (χ1n) is 6.25. The summed E-state index contributed by atoms with van der Waals surface area (Å²) in [6.45, 7) is 1.62. The van der Waals surface area contributed by atoms with E-state index in [1.54, 1.807) is 6.92 Å². The van der Waals surface area contributed by atoms with Gasteiger partial charge in [-0.25, -0.2) is 4.79 Å². The Morgan fingerprint density at radius 2 is 2.00 bits per heavy atom. The number of esters is 1. The molecular weight excluding hydrogens is 278 g/mol. The number of hydrogen-bond acceptors (Lipinski definition) is 5. The second-order valence-corrected chi connectivity index (χ2v) is 4.48. The fourth-order valence-corrected chi connectivity index (χ4v) is 1.66. The Balaban J connectivity index is 2.74. The maximum atomic E-state index is 12.0. The van der Waals surface area contributed by atoms with Gasteiger partial charge < -0.3 is 20.3 Å². The third-order valence-electron chi connectivity index (χ3n) is 2.93. The zero-order valence-corrected chi connectivity index (χ0v) is 11.8.